The molecule has 0 saturated carbocycles. The van der Waals surface area contributed by atoms with E-state index in [-0.39, 0.29) is 5.91 Å². The van der Waals surface area contributed by atoms with E-state index in [0.29, 0.717) is 16.4 Å². The Morgan fingerprint density at radius 1 is 1.17 bits per heavy atom. The lowest BCUT2D eigenvalue weighted by atomic mass is 10.3. The summed E-state index contributed by atoms with van der Waals surface area (Å²) in [5.74, 6) is 0.504. The molecule has 6 heteroatoms. The van der Waals surface area contributed by atoms with Crippen LogP contribution in [0.1, 0.15) is 37.2 Å². The lowest BCUT2D eigenvalue weighted by molar-refractivity contribution is 0.102. The van der Waals surface area contributed by atoms with Gasteiger partial charge in [0.2, 0.25) is 0 Å². The summed E-state index contributed by atoms with van der Waals surface area (Å²) < 4.78 is 0. The molecule has 1 aromatic heterocycles. The predicted molar refractivity (Wildman–Crippen MR) is 94.2 cm³/mol. The van der Waals surface area contributed by atoms with Gasteiger partial charge < -0.3 is 10.2 Å². The molecular weight excluding hydrogens is 312 g/mol. The largest absolute Gasteiger partial charge is 0.357 e. The van der Waals surface area contributed by atoms with Crippen LogP contribution < -0.4 is 10.2 Å². The molecule has 1 aromatic carbocycles. The fourth-order valence-corrected chi connectivity index (χ4v) is 2.48. The number of hydrogen-bond donors (Lipinski definition) is 1. The van der Waals surface area contributed by atoms with Gasteiger partial charge in [-0.05, 0) is 31.0 Å². The summed E-state index contributed by atoms with van der Waals surface area (Å²) in [5.41, 5.74) is 0.980. The lowest BCUT2D eigenvalue weighted by Crippen LogP contribution is -2.26. The topological polar surface area (TPSA) is 58.1 Å². The van der Waals surface area contributed by atoms with Crippen LogP contribution in [0.3, 0.4) is 0 Å². The molecule has 2 rings (SSSR count). The molecule has 0 fully saturated rings. The smallest absolute Gasteiger partial charge is 0.274 e. The minimum absolute atomic E-state index is 0.274. The zero-order valence-electron chi connectivity index (χ0n) is 13.4. The summed E-state index contributed by atoms with van der Waals surface area (Å²) in [6.45, 7) is 6.05. The molecule has 0 spiro atoms. The molecule has 122 valence electrons. The molecule has 0 unspecified atom stereocenters. The normalized spacial score (nSPS) is 10.4. The van der Waals surface area contributed by atoms with Crippen LogP contribution in [-0.4, -0.2) is 29.0 Å². The number of halogens is 1. The van der Waals surface area contributed by atoms with Crippen LogP contribution in [-0.2, 0) is 0 Å². The Balaban J connectivity index is 2.16. The number of carbonyl (C=O) groups excluding carboxylic acids is 1. The van der Waals surface area contributed by atoms with E-state index in [0.717, 1.165) is 31.7 Å². The summed E-state index contributed by atoms with van der Waals surface area (Å²) in [4.78, 5) is 22.9. The second kappa shape index (κ2) is 8.48. The van der Waals surface area contributed by atoms with E-state index in [2.05, 4.69) is 34.0 Å². The van der Waals surface area contributed by atoms with Crippen LogP contribution in [0.2, 0.25) is 5.02 Å². The minimum Gasteiger partial charge on any atom is -0.357 e. The first kappa shape index (κ1) is 17.2. The van der Waals surface area contributed by atoms with Crippen LogP contribution in [0.15, 0.2) is 36.7 Å². The summed E-state index contributed by atoms with van der Waals surface area (Å²) in [7, 11) is 0. The maximum atomic E-state index is 12.4. The highest BCUT2D eigenvalue weighted by molar-refractivity contribution is 6.30. The van der Waals surface area contributed by atoms with Crippen molar-refractivity contribution >= 4 is 29.0 Å². The third-order valence-electron chi connectivity index (χ3n) is 3.28. The van der Waals surface area contributed by atoms with Crippen LogP contribution in [0.4, 0.5) is 11.5 Å². The fourth-order valence-electron chi connectivity index (χ4n) is 2.29. The van der Waals surface area contributed by atoms with Gasteiger partial charge in [0, 0.05) is 29.9 Å². The van der Waals surface area contributed by atoms with Crippen LogP contribution in [0, 0.1) is 0 Å². The summed E-state index contributed by atoms with van der Waals surface area (Å²) >= 11 is 5.93. The Bertz CT molecular complexity index is 657. The van der Waals surface area contributed by atoms with Crippen molar-refractivity contribution in [1.29, 1.82) is 0 Å². The molecule has 0 atom stereocenters. The van der Waals surface area contributed by atoms with Gasteiger partial charge in [-0.25, -0.2) is 9.97 Å². The number of anilines is 2. The summed E-state index contributed by atoms with van der Waals surface area (Å²) in [6.07, 6.45) is 3.47. The fraction of sp³-hybridized carbons (Fsp3) is 0.353. The van der Waals surface area contributed by atoms with Crippen molar-refractivity contribution in [1.82, 2.24) is 9.97 Å². The van der Waals surface area contributed by atoms with Crippen molar-refractivity contribution in [2.75, 3.05) is 23.3 Å². The number of hydrogen-bond acceptors (Lipinski definition) is 4. The highest BCUT2D eigenvalue weighted by atomic mass is 35.5. The van der Waals surface area contributed by atoms with E-state index in [1.165, 1.54) is 6.33 Å². The average molecular weight is 333 g/mol. The van der Waals surface area contributed by atoms with Gasteiger partial charge >= 0.3 is 0 Å². The molecule has 1 heterocycles. The molecule has 1 amide bonds. The molecule has 0 aliphatic rings. The maximum absolute atomic E-state index is 12.4. The zero-order chi connectivity index (χ0) is 16.7. The van der Waals surface area contributed by atoms with E-state index in [1.54, 1.807) is 30.3 Å². The first-order chi connectivity index (χ1) is 11.1. The zero-order valence-corrected chi connectivity index (χ0v) is 14.2. The SMILES string of the molecule is CCCN(CCC)c1cc(C(=O)Nc2cccc(Cl)c2)ncn1. The van der Waals surface area contributed by atoms with E-state index < -0.39 is 0 Å². The van der Waals surface area contributed by atoms with E-state index in [4.69, 9.17) is 11.6 Å². The van der Waals surface area contributed by atoms with Gasteiger partial charge in [-0.15, -0.1) is 0 Å². The van der Waals surface area contributed by atoms with Crippen molar-refractivity contribution in [2.45, 2.75) is 26.7 Å². The minimum atomic E-state index is -0.274. The average Bonchev–Trinajstić information content (AvgIpc) is 2.55. The third-order valence-corrected chi connectivity index (χ3v) is 3.51. The molecule has 0 saturated heterocycles. The molecule has 0 aliphatic carbocycles. The van der Waals surface area contributed by atoms with Gasteiger partial charge in [-0.1, -0.05) is 31.5 Å². The van der Waals surface area contributed by atoms with Crippen LogP contribution >= 0.6 is 11.6 Å². The second-order valence-electron chi connectivity index (χ2n) is 5.21. The Labute approximate surface area is 141 Å². The first-order valence-electron chi connectivity index (χ1n) is 7.78. The maximum Gasteiger partial charge on any atom is 0.274 e. The number of rotatable bonds is 7. The van der Waals surface area contributed by atoms with Gasteiger partial charge in [-0.2, -0.15) is 0 Å². The van der Waals surface area contributed by atoms with E-state index in [9.17, 15) is 4.79 Å². The highest BCUT2D eigenvalue weighted by Crippen LogP contribution is 2.17. The van der Waals surface area contributed by atoms with Gasteiger partial charge in [0.15, 0.2) is 0 Å². The number of aromatic nitrogens is 2. The standard InChI is InChI=1S/C17H21ClN4O/c1-3-8-22(9-4-2)16-11-15(19-12-20-16)17(23)21-14-7-5-6-13(18)10-14/h5-7,10-12H,3-4,8-9H2,1-2H3,(H,21,23). The Hall–Kier alpha value is -2.14. The number of amides is 1. The quantitative estimate of drug-likeness (QED) is 0.832. The number of benzene rings is 1. The summed E-state index contributed by atoms with van der Waals surface area (Å²) in [5, 5.41) is 3.37. The Kier molecular flexibility index (Phi) is 6.35. The molecule has 0 bridgehead atoms. The number of nitrogens with one attached hydrogen (secondary N) is 1. The second-order valence-corrected chi connectivity index (χ2v) is 5.65. The predicted octanol–water partition coefficient (Wildman–Crippen LogP) is 4.01. The first-order valence-corrected chi connectivity index (χ1v) is 8.15. The number of carbonyl (C=O) groups is 1. The Morgan fingerprint density at radius 3 is 2.57 bits per heavy atom. The lowest BCUT2D eigenvalue weighted by Gasteiger charge is -2.22. The van der Waals surface area contributed by atoms with Gasteiger partial charge in [0.1, 0.15) is 17.8 Å². The molecule has 1 N–H and O–H groups in total. The highest BCUT2D eigenvalue weighted by Gasteiger charge is 2.12. The van der Waals surface area contributed by atoms with E-state index in [1.807, 2.05) is 0 Å². The molecule has 23 heavy (non-hydrogen) atoms. The van der Waals surface area contributed by atoms with Crippen LogP contribution in [0.5, 0.6) is 0 Å². The molecule has 0 radical (unpaired) electrons. The van der Waals surface area contributed by atoms with Crippen LogP contribution in [0.25, 0.3) is 0 Å². The monoisotopic (exact) mass is 332 g/mol. The van der Waals surface area contributed by atoms with Crippen molar-refractivity contribution in [3.8, 4) is 0 Å². The molecular formula is C17H21ClN4O. The number of nitrogens with zero attached hydrogens (tertiary/aromatic N) is 3. The van der Waals surface area contributed by atoms with Crippen molar-refractivity contribution < 1.29 is 4.79 Å². The molecule has 2 aromatic rings. The molecule has 5 nitrogen and oxygen atoms in total. The summed E-state index contributed by atoms with van der Waals surface area (Å²) in [6, 6.07) is 8.75. The van der Waals surface area contributed by atoms with E-state index >= 15 is 0 Å². The third kappa shape index (κ3) is 4.93. The van der Waals surface area contributed by atoms with Crippen molar-refractivity contribution in [3.05, 3.63) is 47.4 Å². The Morgan fingerprint density at radius 2 is 1.91 bits per heavy atom. The van der Waals surface area contributed by atoms with Crippen molar-refractivity contribution in [3.63, 3.8) is 0 Å². The van der Waals surface area contributed by atoms with Crippen molar-refractivity contribution in [2.24, 2.45) is 0 Å². The van der Waals surface area contributed by atoms with Gasteiger partial charge in [0.25, 0.3) is 5.91 Å². The van der Waals surface area contributed by atoms with Gasteiger partial charge in [0.05, 0.1) is 0 Å². The molecule has 0 aliphatic heterocycles. The van der Waals surface area contributed by atoms with Gasteiger partial charge in [-0.3, -0.25) is 4.79 Å².